The molecule has 0 radical (unpaired) electrons. The second-order valence-corrected chi connectivity index (χ2v) is 8.19. The summed E-state index contributed by atoms with van der Waals surface area (Å²) in [6.45, 7) is 16.1. The van der Waals surface area contributed by atoms with Crippen LogP contribution >= 0.6 is 11.6 Å². The Balaban J connectivity index is 4.15. The van der Waals surface area contributed by atoms with Crippen molar-refractivity contribution >= 4 is 11.6 Å². The van der Waals surface area contributed by atoms with Crippen LogP contribution < -0.4 is 0 Å². The van der Waals surface area contributed by atoms with Crippen molar-refractivity contribution in [2.24, 2.45) is 17.3 Å². The second kappa shape index (κ2) is 8.55. The van der Waals surface area contributed by atoms with Gasteiger partial charge in [-0.2, -0.15) is 0 Å². The van der Waals surface area contributed by atoms with Crippen LogP contribution in [0.4, 0.5) is 0 Å². The Morgan fingerprint density at radius 3 is 1.79 bits per heavy atom. The van der Waals surface area contributed by atoms with Crippen molar-refractivity contribution in [3.05, 3.63) is 0 Å². The average molecular weight is 289 g/mol. The van der Waals surface area contributed by atoms with Crippen LogP contribution in [-0.2, 0) is 0 Å². The number of alkyl halides is 1. The van der Waals surface area contributed by atoms with Crippen molar-refractivity contribution in [2.45, 2.75) is 98.3 Å². The van der Waals surface area contributed by atoms with Gasteiger partial charge in [0, 0.05) is 4.87 Å². The molecule has 0 N–H and O–H groups in total. The fourth-order valence-electron chi connectivity index (χ4n) is 2.70. The fourth-order valence-corrected chi connectivity index (χ4v) is 3.03. The van der Waals surface area contributed by atoms with Gasteiger partial charge < -0.3 is 0 Å². The normalized spacial score (nSPS) is 17.5. The molecule has 0 heterocycles. The highest BCUT2D eigenvalue weighted by Gasteiger charge is 2.44. The molecule has 0 rings (SSSR count). The summed E-state index contributed by atoms with van der Waals surface area (Å²) in [5.74, 6) is 1.19. The molecule has 0 aromatic heterocycles. The molecule has 2 atom stereocenters. The zero-order valence-corrected chi connectivity index (χ0v) is 15.2. The number of unbranched alkanes of at least 4 members (excludes halogenated alkanes) is 5. The minimum atomic E-state index is -0.107. The van der Waals surface area contributed by atoms with Gasteiger partial charge in [0.2, 0.25) is 0 Å². The predicted molar refractivity (Wildman–Crippen MR) is 90.0 cm³/mol. The first kappa shape index (κ1) is 19.3. The van der Waals surface area contributed by atoms with E-state index >= 15 is 0 Å². The molecule has 0 aliphatic carbocycles. The highest BCUT2D eigenvalue weighted by atomic mass is 35.5. The van der Waals surface area contributed by atoms with Crippen molar-refractivity contribution in [1.29, 1.82) is 0 Å². The predicted octanol–water partition coefficient (Wildman–Crippen LogP) is 7.05. The lowest BCUT2D eigenvalue weighted by Crippen LogP contribution is -2.45. The van der Waals surface area contributed by atoms with Crippen molar-refractivity contribution in [3.8, 4) is 0 Å². The molecule has 0 aliphatic rings. The summed E-state index contributed by atoms with van der Waals surface area (Å²) in [5.41, 5.74) is 0.177. The van der Waals surface area contributed by atoms with E-state index in [-0.39, 0.29) is 10.3 Å². The van der Waals surface area contributed by atoms with Gasteiger partial charge in [-0.15, -0.1) is 11.6 Å². The minimum Gasteiger partial charge on any atom is -0.119 e. The van der Waals surface area contributed by atoms with Crippen molar-refractivity contribution in [3.63, 3.8) is 0 Å². The van der Waals surface area contributed by atoms with Gasteiger partial charge in [-0.3, -0.25) is 0 Å². The molecular formula is C18H37Cl. The Labute approximate surface area is 127 Å². The number of halogens is 1. The molecule has 0 fully saturated rings. The molecule has 0 aliphatic heterocycles. The Kier molecular flexibility index (Phi) is 8.68. The Bertz CT molecular complexity index is 228. The van der Waals surface area contributed by atoms with Crippen LogP contribution in [-0.4, -0.2) is 4.87 Å². The summed E-state index contributed by atoms with van der Waals surface area (Å²) in [5, 5.41) is 0. The molecule has 0 nitrogen and oxygen atoms in total. The van der Waals surface area contributed by atoms with Crippen LogP contribution in [0.2, 0.25) is 0 Å². The van der Waals surface area contributed by atoms with Gasteiger partial charge in [-0.05, 0) is 30.6 Å². The standard InChI is InChI=1S/C18H37Cl/c1-8-9-10-11-12-13-14-16(4)18(7,19)17(5,6)15(2)3/h15-16H,8-14H2,1-7H3. The maximum atomic E-state index is 6.94. The van der Waals surface area contributed by atoms with Gasteiger partial charge in [0.15, 0.2) is 0 Å². The van der Waals surface area contributed by atoms with Gasteiger partial charge in [0.1, 0.15) is 0 Å². The summed E-state index contributed by atoms with van der Waals surface area (Å²) >= 11 is 6.94. The van der Waals surface area contributed by atoms with Crippen LogP contribution in [0.15, 0.2) is 0 Å². The molecule has 116 valence electrons. The Morgan fingerprint density at radius 1 is 0.842 bits per heavy atom. The summed E-state index contributed by atoms with van der Waals surface area (Å²) in [6.07, 6.45) is 9.50. The lowest BCUT2D eigenvalue weighted by molar-refractivity contribution is 0.125. The molecule has 0 saturated heterocycles. The highest BCUT2D eigenvalue weighted by Crippen LogP contribution is 2.48. The molecule has 0 aromatic carbocycles. The maximum Gasteiger partial charge on any atom is 0.0497 e. The lowest BCUT2D eigenvalue weighted by atomic mass is 9.65. The Hall–Kier alpha value is 0.290. The zero-order chi connectivity index (χ0) is 15.1. The van der Waals surface area contributed by atoms with Crippen LogP contribution in [0.3, 0.4) is 0 Å². The maximum absolute atomic E-state index is 6.94. The first-order chi connectivity index (χ1) is 8.67. The van der Waals surface area contributed by atoms with Crippen molar-refractivity contribution in [2.75, 3.05) is 0 Å². The van der Waals surface area contributed by atoms with Crippen molar-refractivity contribution < 1.29 is 0 Å². The van der Waals surface area contributed by atoms with Crippen molar-refractivity contribution in [1.82, 2.24) is 0 Å². The van der Waals surface area contributed by atoms with Crippen LogP contribution in [0.5, 0.6) is 0 Å². The largest absolute Gasteiger partial charge is 0.119 e. The molecule has 2 unspecified atom stereocenters. The van der Waals surface area contributed by atoms with E-state index in [9.17, 15) is 0 Å². The van der Waals surface area contributed by atoms with Gasteiger partial charge in [0.05, 0.1) is 0 Å². The average Bonchev–Trinajstić information content (AvgIpc) is 2.32. The molecule has 0 aromatic rings. The molecule has 0 bridgehead atoms. The molecular weight excluding hydrogens is 252 g/mol. The van der Waals surface area contributed by atoms with Gasteiger partial charge in [-0.25, -0.2) is 0 Å². The number of rotatable bonds is 10. The second-order valence-electron chi connectivity index (χ2n) is 7.41. The number of hydrogen-bond acceptors (Lipinski definition) is 0. The fraction of sp³-hybridized carbons (Fsp3) is 1.00. The zero-order valence-electron chi connectivity index (χ0n) is 14.5. The van der Waals surface area contributed by atoms with Gasteiger partial charge >= 0.3 is 0 Å². The quantitative estimate of drug-likeness (QED) is 0.298. The summed E-state index contributed by atoms with van der Waals surface area (Å²) < 4.78 is 0. The molecule has 0 saturated carbocycles. The number of hydrogen-bond donors (Lipinski definition) is 0. The molecule has 1 heteroatoms. The molecule has 0 amide bonds. The Morgan fingerprint density at radius 2 is 1.32 bits per heavy atom. The van der Waals surface area contributed by atoms with Crippen LogP contribution in [0.25, 0.3) is 0 Å². The topological polar surface area (TPSA) is 0 Å². The van der Waals surface area contributed by atoms with E-state index in [0.29, 0.717) is 11.8 Å². The highest BCUT2D eigenvalue weighted by molar-refractivity contribution is 6.24. The third-order valence-electron chi connectivity index (χ3n) is 5.62. The van der Waals surface area contributed by atoms with E-state index in [1.807, 2.05) is 0 Å². The summed E-state index contributed by atoms with van der Waals surface area (Å²) in [7, 11) is 0. The monoisotopic (exact) mass is 288 g/mol. The van der Waals surface area contributed by atoms with E-state index < -0.39 is 0 Å². The van der Waals surface area contributed by atoms with E-state index in [1.165, 1.54) is 44.9 Å². The third-order valence-corrected chi connectivity index (χ3v) is 6.48. The summed E-state index contributed by atoms with van der Waals surface area (Å²) in [6, 6.07) is 0. The SMILES string of the molecule is CCCCCCCCC(C)C(C)(Cl)C(C)(C)C(C)C. The molecule has 0 spiro atoms. The smallest absolute Gasteiger partial charge is 0.0497 e. The van der Waals surface area contributed by atoms with Crippen LogP contribution in [0, 0.1) is 17.3 Å². The van der Waals surface area contributed by atoms with Crippen LogP contribution in [0.1, 0.15) is 93.4 Å². The van der Waals surface area contributed by atoms with Gasteiger partial charge in [-0.1, -0.05) is 80.1 Å². The first-order valence-electron chi connectivity index (χ1n) is 8.36. The van der Waals surface area contributed by atoms with Gasteiger partial charge in [0.25, 0.3) is 0 Å². The third kappa shape index (κ3) is 5.66. The van der Waals surface area contributed by atoms with E-state index in [1.54, 1.807) is 0 Å². The van der Waals surface area contributed by atoms with E-state index in [4.69, 9.17) is 11.6 Å². The summed E-state index contributed by atoms with van der Waals surface area (Å²) in [4.78, 5) is -0.107. The first-order valence-corrected chi connectivity index (χ1v) is 8.74. The lowest BCUT2D eigenvalue weighted by Gasteiger charge is -2.46. The van der Waals surface area contributed by atoms with E-state index in [2.05, 4.69) is 48.5 Å². The molecule has 19 heavy (non-hydrogen) atoms. The van der Waals surface area contributed by atoms with E-state index in [0.717, 1.165) is 0 Å². The minimum absolute atomic E-state index is 0.107.